The molecule has 2 heteroatoms. The third kappa shape index (κ3) is 0.970. The molecule has 1 N–H and O–H groups in total. The maximum Gasteiger partial charge on any atom is 0.309 e. The Kier molecular flexibility index (Phi) is 1.51. The molecule has 0 spiro atoms. The van der Waals surface area contributed by atoms with Crippen molar-refractivity contribution in [2.45, 2.75) is 38.5 Å². The Balaban J connectivity index is 2.20. The third-order valence-electron chi connectivity index (χ3n) is 3.86. The van der Waals surface area contributed by atoms with Gasteiger partial charge in [0.2, 0.25) is 0 Å². The minimum Gasteiger partial charge on any atom is -0.481 e. The lowest BCUT2D eigenvalue weighted by Gasteiger charge is -2.49. The molecule has 0 aliphatic heterocycles. The Morgan fingerprint density at radius 2 is 1.50 bits per heavy atom. The number of aliphatic carboxylic acids is 1. The Morgan fingerprint density at radius 3 is 1.83 bits per heavy atom. The lowest BCUT2D eigenvalue weighted by Crippen LogP contribution is -2.44. The first-order valence-electron chi connectivity index (χ1n) is 4.65. The van der Waals surface area contributed by atoms with Crippen LogP contribution >= 0.6 is 0 Å². The Morgan fingerprint density at radius 1 is 1.08 bits per heavy atom. The zero-order valence-corrected chi connectivity index (χ0v) is 7.31. The largest absolute Gasteiger partial charge is 0.481 e. The maximum atomic E-state index is 11.0. The summed E-state index contributed by atoms with van der Waals surface area (Å²) in [6.45, 7) is 4.18. The molecule has 3 aliphatic rings. The van der Waals surface area contributed by atoms with E-state index in [-0.39, 0.29) is 10.8 Å². The number of rotatable bonds is 1. The monoisotopic (exact) mass is 167 g/mol. The SMILES string of the molecule is [CH2]C12CCC(C(=O)O)(CC1)CC2. The first-order valence-corrected chi connectivity index (χ1v) is 4.65. The lowest BCUT2D eigenvalue weighted by atomic mass is 9.54. The Hall–Kier alpha value is -0.530. The van der Waals surface area contributed by atoms with Crippen molar-refractivity contribution in [2.75, 3.05) is 0 Å². The van der Waals surface area contributed by atoms with E-state index in [1.54, 1.807) is 0 Å². The molecule has 0 aromatic rings. The highest BCUT2D eigenvalue weighted by Gasteiger charge is 2.50. The predicted octanol–water partition coefficient (Wildman–Crippen LogP) is 2.25. The summed E-state index contributed by atoms with van der Waals surface area (Å²) >= 11 is 0. The van der Waals surface area contributed by atoms with E-state index in [2.05, 4.69) is 6.92 Å². The molecule has 0 aromatic carbocycles. The molecule has 3 rings (SSSR count). The number of carboxylic acid groups (broad SMARTS) is 1. The molecule has 3 fully saturated rings. The van der Waals surface area contributed by atoms with Crippen LogP contribution in [0.2, 0.25) is 0 Å². The van der Waals surface area contributed by atoms with E-state index >= 15 is 0 Å². The third-order valence-corrected chi connectivity index (χ3v) is 3.86. The number of carboxylic acids is 1. The Bertz CT molecular complexity index is 195. The van der Waals surface area contributed by atoms with Crippen molar-refractivity contribution in [3.8, 4) is 0 Å². The van der Waals surface area contributed by atoms with Gasteiger partial charge < -0.3 is 5.11 Å². The zero-order chi connectivity index (χ0) is 8.82. The number of hydrogen-bond donors (Lipinski definition) is 1. The highest BCUT2D eigenvalue weighted by molar-refractivity contribution is 5.75. The van der Waals surface area contributed by atoms with E-state index < -0.39 is 5.97 Å². The van der Waals surface area contributed by atoms with Crippen LogP contribution in [0.15, 0.2) is 0 Å². The second-order valence-electron chi connectivity index (χ2n) is 4.59. The molecule has 2 bridgehead atoms. The van der Waals surface area contributed by atoms with E-state index in [4.69, 9.17) is 5.11 Å². The summed E-state index contributed by atoms with van der Waals surface area (Å²) < 4.78 is 0. The van der Waals surface area contributed by atoms with Crippen molar-refractivity contribution in [3.05, 3.63) is 6.92 Å². The summed E-state index contributed by atoms with van der Waals surface area (Å²) in [6, 6.07) is 0. The van der Waals surface area contributed by atoms with Gasteiger partial charge in [-0.3, -0.25) is 4.79 Å². The van der Waals surface area contributed by atoms with Gasteiger partial charge in [-0.05, 0) is 50.9 Å². The number of hydrogen-bond acceptors (Lipinski definition) is 1. The summed E-state index contributed by atoms with van der Waals surface area (Å²) in [5.41, 5.74) is -0.128. The molecular formula is C10H15O2. The van der Waals surface area contributed by atoms with E-state index in [1.807, 2.05) is 0 Å². The van der Waals surface area contributed by atoms with Gasteiger partial charge in [0.15, 0.2) is 0 Å². The van der Waals surface area contributed by atoms with Crippen molar-refractivity contribution in [2.24, 2.45) is 10.8 Å². The quantitative estimate of drug-likeness (QED) is 0.650. The average Bonchev–Trinajstić information content (AvgIpc) is 2.06. The summed E-state index contributed by atoms with van der Waals surface area (Å²) in [5.74, 6) is -0.579. The molecule has 0 atom stereocenters. The van der Waals surface area contributed by atoms with Crippen LogP contribution in [0.4, 0.5) is 0 Å². The topological polar surface area (TPSA) is 37.3 Å². The molecule has 0 unspecified atom stereocenters. The molecule has 0 aromatic heterocycles. The summed E-state index contributed by atoms with van der Waals surface area (Å²) in [7, 11) is 0. The average molecular weight is 167 g/mol. The first kappa shape index (κ1) is 8.09. The Labute approximate surface area is 73.0 Å². The van der Waals surface area contributed by atoms with Crippen LogP contribution in [0.3, 0.4) is 0 Å². The summed E-state index contributed by atoms with van der Waals surface area (Å²) in [5, 5.41) is 9.08. The molecule has 2 nitrogen and oxygen atoms in total. The van der Waals surface area contributed by atoms with Crippen molar-refractivity contribution in [1.82, 2.24) is 0 Å². The fourth-order valence-electron chi connectivity index (χ4n) is 2.58. The van der Waals surface area contributed by atoms with E-state index in [0.717, 1.165) is 38.5 Å². The molecule has 1 radical (unpaired) electrons. The van der Waals surface area contributed by atoms with E-state index in [0.29, 0.717) is 0 Å². The van der Waals surface area contributed by atoms with Gasteiger partial charge in [0.05, 0.1) is 5.41 Å². The summed E-state index contributed by atoms with van der Waals surface area (Å²) in [4.78, 5) is 11.0. The molecule has 0 heterocycles. The second-order valence-corrected chi connectivity index (χ2v) is 4.59. The molecule has 3 saturated carbocycles. The fraction of sp³-hybridized carbons (Fsp3) is 0.800. The smallest absolute Gasteiger partial charge is 0.309 e. The number of fused-ring (bicyclic) bond motifs is 3. The van der Waals surface area contributed by atoms with Crippen molar-refractivity contribution >= 4 is 5.97 Å². The van der Waals surface area contributed by atoms with Gasteiger partial charge in [0.25, 0.3) is 0 Å². The zero-order valence-electron chi connectivity index (χ0n) is 7.31. The highest BCUT2D eigenvalue weighted by atomic mass is 16.4. The fourth-order valence-corrected chi connectivity index (χ4v) is 2.58. The van der Waals surface area contributed by atoms with Crippen LogP contribution in [-0.4, -0.2) is 11.1 Å². The van der Waals surface area contributed by atoms with E-state index in [1.165, 1.54) is 0 Å². The van der Waals surface area contributed by atoms with Crippen LogP contribution in [0.25, 0.3) is 0 Å². The first-order chi connectivity index (χ1) is 5.56. The second kappa shape index (κ2) is 2.24. The van der Waals surface area contributed by atoms with Crippen LogP contribution < -0.4 is 0 Å². The van der Waals surface area contributed by atoms with Gasteiger partial charge in [0, 0.05) is 0 Å². The minimum atomic E-state index is -0.579. The van der Waals surface area contributed by atoms with Gasteiger partial charge in [-0.15, -0.1) is 0 Å². The lowest BCUT2D eigenvalue weighted by molar-refractivity contribution is -0.157. The van der Waals surface area contributed by atoms with Crippen LogP contribution in [0.1, 0.15) is 38.5 Å². The number of carbonyl (C=O) groups is 1. The van der Waals surface area contributed by atoms with Gasteiger partial charge in [-0.1, -0.05) is 0 Å². The van der Waals surface area contributed by atoms with E-state index in [9.17, 15) is 4.79 Å². The van der Waals surface area contributed by atoms with Crippen molar-refractivity contribution in [3.63, 3.8) is 0 Å². The molecule has 67 valence electrons. The van der Waals surface area contributed by atoms with Crippen LogP contribution in [-0.2, 0) is 4.79 Å². The molecular weight excluding hydrogens is 152 g/mol. The minimum absolute atomic E-state index is 0.233. The molecule has 12 heavy (non-hydrogen) atoms. The molecule has 0 amide bonds. The summed E-state index contributed by atoms with van der Waals surface area (Å²) in [6.07, 6.45) is 5.60. The van der Waals surface area contributed by atoms with Gasteiger partial charge in [-0.25, -0.2) is 0 Å². The van der Waals surface area contributed by atoms with Gasteiger partial charge in [-0.2, -0.15) is 0 Å². The van der Waals surface area contributed by atoms with Crippen molar-refractivity contribution < 1.29 is 9.90 Å². The predicted molar refractivity (Wildman–Crippen MR) is 45.6 cm³/mol. The van der Waals surface area contributed by atoms with Gasteiger partial charge >= 0.3 is 5.97 Å². The standard InChI is InChI=1S/C10H15O2/c1-9-2-5-10(6-3-9,7-4-9)8(11)12/h1-7H2,(H,11,12). The van der Waals surface area contributed by atoms with Gasteiger partial charge in [0.1, 0.15) is 0 Å². The molecule has 0 saturated heterocycles. The van der Waals surface area contributed by atoms with Crippen LogP contribution in [0.5, 0.6) is 0 Å². The maximum absolute atomic E-state index is 11.0. The van der Waals surface area contributed by atoms with Crippen molar-refractivity contribution in [1.29, 1.82) is 0 Å². The van der Waals surface area contributed by atoms with Crippen LogP contribution in [0, 0.1) is 17.8 Å². The normalized spacial score (nSPS) is 46.1. The molecule has 3 aliphatic carbocycles. The highest BCUT2D eigenvalue weighted by Crippen LogP contribution is 2.56.